The summed E-state index contributed by atoms with van der Waals surface area (Å²) in [6.07, 6.45) is 6.44. The molecule has 2 aliphatic rings. The molecule has 4 heteroatoms. The number of hydrogen-bond donors (Lipinski definition) is 2. The summed E-state index contributed by atoms with van der Waals surface area (Å²) in [5.74, 6) is 1.58. The minimum atomic E-state index is 0.244. The molecule has 0 aromatic carbocycles. The Bertz CT molecular complexity index is 246. The molecule has 0 saturated carbocycles. The Morgan fingerprint density at radius 1 is 1.11 bits per heavy atom. The number of rotatable bonds is 5. The number of carbonyl (C=O) groups excluding carboxylic acids is 1. The van der Waals surface area contributed by atoms with Gasteiger partial charge >= 0.3 is 0 Å². The maximum atomic E-state index is 11.8. The van der Waals surface area contributed by atoms with Crippen molar-refractivity contribution in [1.29, 1.82) is 0 Å². The molecule has 2 saturated heterocycles. The van der Waals surface area contributed by atoms with Gasteiger partial charge in [0, 0.05) is 26.2 Å². The van der Waals surface area contributed by atoms with Crippen LogP contribution >= 0.6 is 0 Å². The summed E-state index contributed by atoms with van der Waals surface area (Å²) in [5, 5.41) is 6.41. The van der Waals surface area contributed by atoms with Crippen LogP contribution in [0.4, 0.5) is 0 Å². The Balaban J connectivity index is 1.53. The summed E-state index contributed by atoms with van der Waals surface area (Å²) in [6.45, 7) is 4.77. The van der Waals surface area contributed by atoms with Crippen LogP contribution in [-0.4, -0.2) is 38.8 Å². The van der Waals surface area contributed by atoms with E-state index in [0.717, 1.165) is 77.3 Å². The van der Waals surface area contributed by atoms with Crippen LogP contribution in [0.2, 0.25) is 0 Å². The third kappa shape index (κ3) is 4.94. The first-order valence-corrected chi connectivity index (χ1v) is 7.40. The third-order valence-electron chi connectivity index (χ3n) is 4.15. The van der Waals surface area contributed by atoms with Crippen LogP contribution < -0.4 is 10.6 Å². The fraction of sp³-hybridized carbons (Fsp3) is 0.929. The maximum Gasteiger partial charge on any atom is 0.220 e. The molecule has 2 fully saturated rings. The van der Waals surface area contributed by atoms with E-state index in [2.05, 4.69) is 10.6 Å². The molecule has 0 unspecified atom stereocenters. The highest BCUT2D eigenvalue weighted by Crippen LogP contribution is 2.18. The van der Waals surface area contributed by atoms with Gasteiger partial charge in [0.05, 0.1) is 0 Å². The monoisotopic (exact) mass is 254 g/mol. The second-order valence-electron chi connectivity index (χ2n) is 5.59. The van der Waals surface area contributed by atoms with Crippen molar-refractivity contribution in [3.8, 4) is 0 Å². The molecule has 0 spiro atoms. The van der Waals surface area contributed by atoms with E-state index in [4.69, 9.17) is 4.74 Å². The highest BCUT2D eigenvalue weighted by Gasteiger charge is 2.17. The molecule has 2 N–H and O–H groups in total. The predicted octanol–water partition coefficient (Wildman–Crippen LogP) is 1.31. The van der Waals surface area contributed by atoms with Gasteiger partial charge in [-0.05, 0) is 57.0 Å². The summed E-state index contributed by atoms with van der Waals surface area (Å²) >= 11 is 0. The van der Waals surface area contributed by atoms with E-state index in [1.54, 1.807) is 0 Å². The van der Waals surface area contributed by atoms with Gasteiger partial charge in [-0.25, -0.2) is 0 Å². The van der Waals surface area contributed by atoms with Crippen molar-refractivity contribution in [3.05, 3.63) is 0 Å². The molecule has 0 aromatic rings. The van der Waals surface area contributed by atoms with Gasteiger partial charge in [-0.3, -0.25) is 4.79 Å². The molecule has 1 amide bonds. The van der Waals surface area contributed by atoms with Gasteiger partial charge in [0.2, 0.25) is 5.91 Å². The number of hydrogen-bond acceptors (Lipinski definition) is 3. The van der Waals surface area contributed by atoms with Crippen molar-refractivity contribution in [2.24, 2.45) is 11.8 Å². The Kier molecular flexibility index (Phi) is 5.94. The zero-order valence-corrected chi connectivity index (χ0v) is 11.2. The predicted molar refractivity (Wildman–Crippen MR) is 71.4 cm³/mol. The Labute approximate surface area is 110 Å². The standard InChI is InChI=1S/C14H26N2O2/c17-14(11-13-1-6-15-7-2-13)16-8-3-12-4-9-18-10-5-12/h12-13,15H,1-11H2,(H,16,17). The SMILES string of the molecule is O=C(CC1CCNCC1)NCCC1CCOCC1. The molecule has 0 atom stereocenters. The summed E-state index contributed by atoms with van der Waals surface area (Å²) < 4.78 is 5.33. The quantitative estimate of drug-likeness (QED) is 0.778. The van der Waals surface area contributed by atoms with Crippen LogP contribution in [0.1, 0.15) is 38.5 Å². The largest absolute Gasteiger partial charge is 0.381 e. The molecule has 2 heterocycles. The van der Waals surface area contributed by atoms with Gasteiger partial charge < -0.3 is 15.4 Å². The number of carbonyl (C=O) groups is 1. The molecule has 0 bridgehead atoms. The minimum absolute atomic E-state index is 0.244. The van der Waals surface area contributed by atoms with Crippen molar-refractivity contribution in [3.63, 3.8) is 0 Å². The van der Waals surface area contributed by atoms with Crippen LogP contribution in [0.5, 0.6) is 0 Å². The number of nitrogens with one attached hydrogen (secondary N) is 2. The fourth-order valence-corrected chi connectivity index (χ4v) is 2.87. The topological polar surface area (TPSA) is 50.4 Å². The Morgan fingerprint density at radius 2 is 1.83 bits per heavy atom. The smallest absolute Gasteiger partial charge is 0.220 e. The molecule has 0 aliphatic carbocycles. The zero-order valence-electron chi connectivity index (χ0n) is 11.2. The average molecular weight is 254 g/mol. The molecule has 4 nitrogen and oxygen atoms in total. The van der Waals surface area contributed by atoms with E-state index in [9.17, 15) is 4.79 Å². The molecular formula is C14H26N2O2. The van der Waals surface area contributed by atoms with Gasteiger partial charge in [0.1, 0.15) is 0 Å². The second kappa shape index (κ2) is 7.74. The highest BCUT2D eigenvalue weighted by atomic mass is 16.5. The van der Waals surface area contributed by atoms with Gasteiger partial charge in [-0.1, -0.05) is 0 Å². The van der Waals surface area contributed by atoms with Gasteiger partial charge in [-0.15, -0.1) is 0 Å². The van der Waals surface area contributed by atoms with Crippen molar-refractivity contribution in [2.75, 3.05) is 32.8 Å². The first kappa shape index (κ1) is 13.8. The molecule has 0 aromatic heterocycles. The highest BCUT2D eigenvalue weighted by molar-refractivity contribution is 5.76. The zero-order chi connectivity index (χ0) is 12.6. The molecule has 2 aliphatic heterocycles. The van der Waals surface area contributed by atoms with E-state index in [1.807, 2.05) is 0 Å². The van der Waals surface area contributed by atoms with E-state index >= 15 is 0 Å². The molecule has 0 radical (unpaired) electrons. The van der Waals surface area contributed by atoms with Crippen LogP contribution in [-0.2, 0) is 9.53 Å². The van der Waals surface area contributed by atoms with Crippen molar-refractivity contribution >= 4 is 5.91 Å². The number of amides is 1. The molecule has 18 heavy (non-hydrogen) atoms. The van der Waals surface area contributed by atoms with Crippen molar-refractivity contribution in [2.45, 2.75) is 38.5 Å². The van der Waals surface area contributed by atoms with Crippen molar-refractivity contribution < 1.29 is 9.53 Å². The summed E-state index contributed by atoms with van der Waals surface area (Å²) in [6, 6.07) is 0. The lowest BCUT2D eigenvalue weighted by atomic mass is 9.94. The lowest BCUT2D eigenvalue weighted by Gasteiger charge is -2.23. The minimum Gasteiger partial charge on any atom is -0.381 e. The third-order valence-corrected chi connectivity index (χ3v) is 4.15. The summed E-state index contributed by atoms with van der Waals surface area (Å²) in [7, 11) is 0. The van der Waals surface area contributed by atoms with Gasteiger partial charge in [0.25, 0.3) is 0 Å². The maximum absolute atomic E-state index is 11.8. The Morgan fingerprint density at radius 3 is 2.56 bits per heavy atom. The molecular weight excluding hydrogens is 228 g/mol. The summed E-state index contributed by atoms with van der Waals surface area (Å²) in [5.41, 5.74) is 0. The van der Waals surface area contributed by atoms with Crippen molar-refractivity contribution in [1.82, 2.24) is 10.6 Å². The second-order valence-corrected chi connectivity index (χ2v) is 5.59. The lowest BCUT2D eigenvalue weighted by Crippen LogP contribution is -2.33. The lowest BCUT2D eigenvalue weighted by molar-refractivity contribution is -0.122. The van der Waals surface area contributed by atoms with E-state index in [0.29, 0.717) is 5.92 Å². The fourth-order valence-electron chi connectivity index (χ4n) is 2.87. The first-order chi connectivity index (χ1) is 8.84. The Hall–Kier alpha value is -0.610. The number of ether oxygens (including phenoxy) is 1. The number of piperidine rings is 1. The summed E-state index contributed by atoms with van der Waals surface area (Å²) in [4.78, 5) is 11.8. The van der Waals surface area contributed by atoms with Crippen LogP contribution in [0.15, 0.2) is 0 Å². The van der Waals surface area contributed by atoms with Gasteiger partial charge in [-0.2, -0.15) is 0 Å². The normalized spacial score (nSPS) is 22.9. The van der Waals surface area contributed by atoms with Crippen LogP contribution in [0.3, 0.4) is 0 Å². The van der Waals surface area contributed by atoms with E-state index in [1.165, 1.54) is 0 Å². The van der Waals surface area contributed by atoms with Gasteiger partial charge in [0.15, 0.2) is 0 Å². The van der Waals surface area contributed by atoms with E-state index < -0.39 is 0 Å². The molecule has 104 valence electrons. The van der Waals surface area contributed by atoms with E-state index in [-0.39, 0.29) is 5.91 Å². The van der Waals surface area contributed by atoms with Crippen LogP contribution in [0, 0.1) is 11.8 Å². The van der Waals surface area contributed by atoms with Crippen LogP contribution in [0.25, 0.3) is 0 Å². The molecule has 2 rings (SSSR count). The first-order valence-electron chi connectivity index (χ1n) is 7.40. The average Bonchev–Trinajstić information content (AvgIpc) is 2.41.